The highest BCUT2D eigenvalue weighted by molar-refractivity contribution is 7.07. The minimum absolute atomic E-state index is 0.600. The zero-order valence-corrected chi connectivity index (χ0v) is 8.95. The maximum atomic E-state index is 8.99. The van der Waals surface area contributed by atoms with E-state index in [4.69, 9.17) is 5.26 Å². The molecule has 76 valence electrons. The topological polar surface area (TPSA) is 65.4 Å². The number of fused-ring (bicyclic) bond motifs is 1. The summed E-state index contributed by atoms with van der Waals surface area (Å²) in [5, 5.41) is 16.9. The Labute approximate surface area is 95.3 Å². The van der Waals surface area contributed by atoms with Crippen LogP contribution in [0.25, 0.3) is 22.3 Å². The molecule has 0 atom stereocenters. The normalized spacial score (nSPS) is 10.4. The first kappa shape index (κ1) is 9.07. The van der Waals surface area contributed by atoms with Crippen LogP contribution in [0.3, 0.4) is 0 Å². The maximum absolute atomic E-state index is 8.99. The molecule has 2 heterocycles. The second-order valence-corrected chi connectivity index (χ2v) is 4.06. The fourth-order valence-electron chi connectivity index (χ4n) is 1.63. The number of hydrogen-bond donors (Lipinski definition) is 1. The molecule has 1 N–H and O–H groups in total. The first-order chi connectivity index (χ1) is 7.90. The van der Waals surface area contributed by atoms with Crippen LogP contribution in [0.5, 0.6) is 0 Å². The van der Waals surface area contributed by atoms with Gasteiger partial charge in [0.2, 0.25) is 0 Å². The molecule has 4 nitrogen and oxygen atoms in total. The van der Waals surface area contributed by atoms with E-state index >= 15 is 0 Å². The van der Waals surface area contributed by atoms with Crippen LogP contribution in [0.1, 0.15) is 4.88 Å². The van der Waals surface area contributed by atoms with Gasteiger partial charge in [-0.15, -0.1) is 0 Å². The lowest BCUT2D eigenvalue weighted by Gasteiger charge is -1.94. The highest BCUT2D eigenvalue weighted by atomic mass is 32.1. The number of hydrogen-bond acceptors (Lipinski definition) is 4. The van der Waals surface area contributed by atoms with Gasteiger partial charge in [-0.2, -0.15) is 14.7 Å². The zero-order valence-electron chi connectivity index (χ0n) is 8.14. The summed E-state index contributed by atoms with van der Waals surface area (Å²) in [5.74, 6) is 0. The van der Waals surface area contributed by atoms with Gasteiger partial charge in [0.25, 0.3) is 0 Å². The molecule has 0 radical (unpaired) electrons. The van der Waals surface area contributed by atoms with E-state index in [9.17, 15) is 0 Å². The van der Waals surface area contributed by atoms with Crippen molar-refractivity contribution >= 4 is 22.6 Å². The Hall–Kier alpha value is -2.19. The second kappa shape index (κ2) is 3.43. The van der Waals surface area contributed by atoms with E-state index in [1.807, 2.05) is 30.3 Å². The van der Waals surface area contributed by atoms with E-state index in [1.165, 1.54) is 11.5 Å². The van der Waals surface area contributed by atoms with Crippen molar-refractivity contribution in [1.82, 2.24) is 14.6 Å². The quantitative estimate of drug-likeness (QED) is 0.693. The molecule has 0 saturated heterocycles. The number of rotatable bonds is 1. The van der Waals surface area contributed by atoms with Crippen molar-refractivity contribution in [3.8, 4) is 17.3 Å². The van der Waals surface area contributed by atoms with Gasteiger partial charge in [-0.3, -0.25) is 5.10 Å². The molecule has 2 aromatic heterocycles. The van der Waals surface area contributed by atoms with Crippen LogP contribution < -0.4 is 0 Å². The largest absolute Gasteiger partial charge is 0.259 e. The van der Waals surface area contributed by atoms with Crippen LogP contribution in [-0.4, -0.2) is 14.6 Å². The van der Waals surface area contributed by atoms with Gasteiger partial charge in [-0.1, -0.05) is 30.3 Å². The SMILES string of the molecule is N#Cc1snc2[nH]nc(-c3ccccc3)c12. The minimum atomic E-state index is 0.600. The fraction of sp³-hybridized carbons (Fsp3) is 0. The predicted molar refractivity (Wildman–Crippen MR) is 61.9 cm³/mol. The Morgan fingerprint density at radius 1 is 1.25 bits per heavy atom. The third-order valence-corrected chi connectivity index (χ3v) is 3.10. The number of aromatic amines is 1. The van der Waals surface area contributed by atoms with Crippen LogP contribution in [0, 0.1) is 11.3 Å². The van der Waals surface area contributed by atoms with Crippen LogP contribution in [0.4, 0.5) is 0 Å². The van der Waals surface area contributed by atoms with Gasteiger partial charge >= 0.3 is 0 Å². The molecule has 0 aliphatic heterocycles. The lowest BCUT2D eigenvalue weighted by Crippen LogP contribution is -1.78. The molecule has 0 amide bonds. The number of benzene rings is 1. The molecule has 0 bridgehead atoms. The summed E-state index contributed by atoms with van der Waals surface area (Å²) < 4.78 is 4.14. The van der Waals surface area contributed by atoms with Crippen molar-refractivity contribution in [2.45, 2.75) is 0 Å². The standard InChI is InChI=1S/C11H6N4S/c12-6-8-9-10(7-4-2-1-3-5-7)13-14-11(9)15-16-8/h1-5H,(H,14,15). The molecule has 16 heavy (non-hydrogen) atoms. The number of nitrogens with one attached hydrogen (secondary N) is 1. The molecule has 3 aromatic rings. The third kappa shape index (κ3) is 1.21. The van der Waals surface area contributed by atoms with Crippen LogP contribution in [0.2, 0.25) is 0 Å². The molecule has 0 saturated carbocycles. The Morgan fingerprint density at radius 2 is 2.06 bits per heavy atom. The highest BCUT2D eigenvalue weighted by Gasteiger charge is 2.14. The number of nitrogens with zero attached hydrogens (tertiary/aromatic N) is 3. The zero-order chi connectivity index (χ0) is 11.0. The Kier molecular flexibility index (Phi) is 1.95. The van der Waals surface area contributed by atoms with Gasteiger partial charge in [0.1, 0.15) is 16.6 Å². The maximum Gasteiger partial charge on any atom is 0.170 e. The summed E-state index contributed by atoms with van der Waals surface area (Å²) in [6, 6.07) is 11.9. The van der Waals surface area contributed by atoms with Gasteiger partial charge in [0.15, 0.2) is 5.65 Å². The monoisotopic (exact) mass is 226 g/mol. The van der Waals surface area contributed by atoms with E-state index in [-0.39, 0.29) is 0 Å². The summed E-state index contributed by atoms with van der Waals surface area (Å²) in [7, 11) is 0. The van der Waals surface area contributed by atoms with Gasteiger partial charge in [-0.05, 0) is 11.5 Å². The molecule has 0 fully saturated rings. The fourth-order valence-corrected chi connectivity index (χ4v) is 2.27. The minimum Gasteiger partial charge on any atom is -0.259 e. The molecule has 0 aliphatic carbocycles. The molecule has 0 aliphatic rings. The lowest BCUT2D eigenvalue weighted by molar-refractivity contribution is 1.11. The summed E-state index contributed by atoms with van der Waals surface area (Å²) in [4.78, 5) is 0.600. The first-order valence-corrected chi connectivity index (χ1v) is 5.47. The molecule has 0 spiro atoms. The number of H-pyrrole nitrogens is 1. The number of aromatic nitrogens is 3. The van der Waals surface area contributed by atoms with Crippen LogP contribution >= 0.6 is 11.5 Å². The van der Waals surface area contributed by atoms with Crippen molar-refractivity contribution in [3.63, 3.8) is 0 Å². The summed E-state index contributed by atoms with van der Waals surface area (Å²) in [5.41, 5.74) is 2.46. The van der Waals surface area contributed by atoms with E-state index in [1.54, 1.807) is 0 Å². The van der Waals surface area contributed by atoms with Crippen molar-refractivity contribution in [1.29, 1.82) is 5.26 Å². The average molecular weight is 226 g/mol. The van der Waals surface area contributed by atoms with Crippen molar-refractivity contribution in [2.75, 3.05) is 0 Å². The van der Waals surface area contributed by atoms with Gasteiger partial charge in [0.05, 0.1) is 5.39 Å². The molecular weight excluding hydrogens is 220 g/mol. The van der Waals surface area contributed by atoms with E-state index in [0.717, 1.165) is 16.6 Å². The number of nitriles is 1. The second-order valence-electron chi connectivity index (χ2n) is 3.29. The van der Waals surface area contributed by atoms with Crippen molar-refractivity contribution < 1.29 is 0 Å². The molecule has 1 aromatic carbocycles. The van der Waals surface area contributed by atoms with E-state index < -0.39 is 0 Å². The smallest absolute Gasteiger partial charge is 0.170 e. The summed E-state index contributed by atoms with van der Waals surface area (Å²) in [6.45, 7) is 0. The molecule has 0 unspecified atom stereocenters. The van der Waals surface area contributed by atoms with Crippen molar-refractivity contribution in [2.24, 2.45) is 0 Å². The molecule has 3 rings (SSSR count). The predicted octanol–water partition coefficient (Wildman–Crippen LogP) is 2.56. The summed E-state index contributed by atoms with van der Waals surface area (Å²) >= 11 is 1.20. The average Bonchev–Trinajstić information content (AvgIpc) is 2.90. The molecule has 5 heteroatoms. The highest BCUT2D eigenvalue weighted by Crippen LogP contribution is 2.30. The Bertz CT molecular complexity index is 675. The van der Waals surface area contributed by atoms with Crippen LogP contribution in [0.15, 0.2) is 30.3 Å². The van der Waals surface area contributed by atoms with E-state index in [0.29, 0.717) is 10.5 Å². The van der Waals surface area contributed by atoms with Crippen molar-refractivity contribution in [3.05, 3.63) is 35.2 Å². The Morgan fingerprint density at radius 3 is 2.81 bits per heavy atom. The molecular formula is C11H6N4S. The van der Waals surface area contributed by atoms with Gasteiger partial charge in [-0.25, -0.2) is 0 Å². The van der Waals surface area contributed by atoms with Crippen LogP contribution in [-0.2, 0) is 0 Å². The van der Waals surface area contributed by atoms with Gasteiger partial charge < -0.3 is 0 Å². The summed E-state index contributed by atoms with van der Waals surface area (Å²) in [6.07, 6.45) is 0. The first-order valence-electron chi connectivity index (χ1n) is 4.69. The van der Waals surface area contributed by atoms with Gasteiger partial charge in [0, 0.05) is 5.56 Å². The lowest BCUT2D eigenvalue weighted by atomic mass is 10.1. The Balaban J connectivity index is 2.33. The third-order valence-electron chi connectivity index (χ3n) is 2.35. The van der Waals surface area contributed by atoms with E-state index in [2.05, 4.69) is 20.6 Å².